The highest BCUT2D eigenvalue weighted by Gasteiger charge is 2.27. The number of amides is 1. The third kappa shape index (κ3) is 3.38. The van der Waals surface area contributed by atoms with E-state index in [9.17, 15) is 4.79 Å². The number of rotatable bonds is 3. The molecule has 1 amide bonds. The molecule has 1 N–H and O–H groups in total. The minimum Gasteiger partial charge on any atom is -0.340 e. The van der Waals surface area contributed by atoms with Crippen molar-refractivity contribution in [2.45, 2.75) is 26.7 Å². The third-order valence-electron chi connectivity index (χ3n) is 3.61. The lowest BCUT2D eigenvalue weighted by atomic mass is 9.97. The molecule has 116 valence electrons. The third-order valence-corrected chi connectivity index (χ3v) is 4.37. The van der Waals surface area contributed by atoms with Gasteiger partial charge in [0.15, 0.2) is 0 Å². The highest BCUT2D eigenvalue weighted by molar-refractivity contribution is 7.15. The average molecular weight is 318 g/mol. The van der Waals surface area contributed by atoms with Crippen molar-refractivity contribution in [1.29, 1.82) is 0 Å². The number of hydrogen-bond acceptors (Lipinski definition) is 7. The molecule has 22 heavy (non-hydrogen) atoms. The number of anilines is 2. The molecule has 1 aliphatic heterocycles. The summed E-state index contributed by atoms with van der Waals surface area (Å²) >= 11 is 1.39. The lowest BCUT2D eigenvalue weighted by Crippen LogP contribution is -2.41. The summed E-state index contributed by atoms with van der Waals surface area (Å²) in [5.41, 5.74) is 0.931. The van der Waals surface area contributed by atoms with E-state index in [1.54, 1.807) is 6.20 Å². The Morgan fingerprint density at radius 2 is 2.27 bits per heavy atom. The molecule has 3 rings (SSSR count). The van der Waals surface area contributed by atoms with E-state index in [-0.39, 0.29) is 11.8 Å². The predicted octanol–water partition coefficient (Wildman–Crippen LogP) is 1.80. The number of nitrogens with zero attached hydrogens (tertiary/aromatic N) is 5. The molecule has 0 aromatic carbocycles. The normalized spacial score (nSPS) is 18.3. The van der Waals surface area contributed by atoms with Gasteiger partial charge in [-0.3, -0.25) is 4.79 Å². The van der Waals surface area contributed by atoms with Crippen LogP contribution in [0.2, 0.25) is 0 Å². The number of piperidine rings is 1. The molecule has 8 heteroatoms. The number of carbonyl (C=O) groups is 1. The summed E-state index contributed by atoms with van der Waals surface area (Å²) in [4.78, 5) is 23.2. The van der Waals surface area contributed by atoms with Crippen LogP contribution in [0.25, 0.3) is 0 Å². The molecule has 1 saturated heterocycles. The zero-order valence-electron chi connectivity index (χ0n) is 12.6. The molecule has 0 aliphatic carbocycles. The highest BCUT2D eigenvalue weighted by Crippen LogP contribution is 2.22. The molecule has 7 nitrogen and oxygen atoms in total. The van der Waals surface area contributed by atoms with Gasteiger partial charge in [-0.25, -0.2) is 9.97 Å². The number of carbonyl (C=O) groups excluding carboxylic acids is 1. The van der Waals surface area contributed by atoms with Gasteiger partial charge in [-0.2, -0.15) is 0 Å². The van der Waals surface area contributed by atoms with Crippen LogP contribution in [-0.4, -0.2) is 39.2 Å². The quantitative estimate of drug-likeness (QED) is 0.929. The van der Waals surface area contributed by atoms with Gasteiger partial charge in [0, 0.05) is 25.0 Å². The van der Waals surface area contributed by atoms with Gasteiger partial charge in [0.05, 0.1) is 5.92 Å². The Kier molecular flexibility index (Phi) is 4.28. The van der Waals surface area contributed by atoms with E-state index in [4.69, 9.17) is 0 Å². The van der Waals surface area contributed by atoms with Crippen molar-refractivity contribution in [3.8, 4) is 0 Å². The average Bonchev–Trinajstić information content (AvgIpc) is 2.92. The first-order chi connectivity index (χ1) is 10.6. The minimum atomic E-state index is -0.0814. The summed E-state index contributed by atoms with van der Waals surface area (Å²) in [6.45, 7) is 5.32. The first kappa shape index (κ1) is 14.8. The number of nitrogens with one attached hydrogen (secondary N) is 1. The van der Waals surface area contributed by atoms with E-state index in [1.807, 2.05) is 19.9 Å². The largest absolute Gasteiger partial charge is 0.340 e. The second-order valence-electron chi connectivity index (χ2n) is 5.40. The number of aromatic nitrogens is 4. The molecule has 0 radical (unpaired) electrons. The van der Waals surface area contributed by atoms with Crippen molar-refractivity contribution in [1.82, 2.24) is 20.2 Å². The summed E-state index contributed by atoms with van der Waals surface area (Å²) in [7, 11) is 0. The summed E-state index contributed by atoms with van der Waals surface area (Å²) in [5.74, 6) is 0.611. The van der Waals surface area contributed by atoms with Gasteiger partial charge in [-0.15, -0.1) is 10.2 Å². The van der Waals surface area contributed by atoms with Crippen molar-refractivity contribution >= 4 is 28.3 Å². The Labute approximate surface area is 132 Å². The fourth-order valence-electron chi connectivity index (χ4n) is 2.52. The fourth-order valence-corrected chi connectivity index (χ4v) is 3.11. The lowest BCUT2D eigenvalue weighted by Gasteiger charge is -2.31. The Morgan fingerprint density at radius 3 is 3.00 bits per heavy atom. The van der Waals surface area contributed by atoms with Crippen LogP contribution in [0.5, 0.6) is 0 Å². The fraction of sp³-hybridized carbons (Fsp3) is 0.500. The first-order valence-electron chi connectivity index (χ1n) is 7.27. The van der Waals surface area contributed by atoms with Gasteiger partial charge in [-0.1, -0.05) is 11.3 Å². The van der Waals surface area contributed by atoms with Crippen molar-refractivity contribution in [3.63, 3.8) is 0 Å². The van der Waals surface area contributed by atoms with Crippen LogP contribution in [0.15, 0.2) is 12.3 Å². The topological polar surface area (TPSA) is 83.9 Å². The van der Waals surface area contributed by atoms with Crippen molar-refractivity contribution in [3.05, 3.63) is 23.0 Å². The van der Waals surface area contributed by atoms with E-state index < -0.39 is 0 Å². The maximum atomic E-state index is 12.4. The van der Waals surface area contributed by atoms with Crippen molar-refractivity contribution in [2.24, 2.45) is 5.92 Å². The van der Waals surface area contributed by atoms with Crippen LogP contribution in [0, 0.1) is 19.8 Å². The molecule has 0 bridgehead atoms. The first-order valence-corrected chi connectivity index (χ1v) is 8.09. The van der Waals surface area contributed by atoms with Crippen LogP contribution in [-0.2, 0) is 4.79 Å². The van der Waals surface area contributed by atoms with Crippen molar-refractivity contribution in [2.75, 3.05) is 23.3 Å². The van der Waals surface area contributed by atoms with Gasteiger partial charge in [0.1, 0.15) is 5.01 Å². The monoisotopic (exact) mass is 318 g/mol. The number of hydrogen-bond donors (Lipinski definition) is 1. The van der Waals surface area contributed by atoms with Crippen LogP contribution in [0.3, 0.4) is 0 Å². The van der Waals surface area contributed by atoms with E-state index >= 15 is 0 Å². The summed E-state index contributed by atoms with van der Waals surface area (Å²) in [6, 6.07) is 1.87. The van der Waals surface area contributed by atoms with Gasteiger partial charge >= 0.3 is 0 Å². The van der Waals surface area contributed by atoms with E-state index in [0.717, 1.165) is 30.1 Å². The minimum absolute atomic E-state index is 0.00602. The number of aryl methyl sites for hydroxylation is 2. The van der Waals surface area contributed by atoms with Crippen LogP contribution in [0.1, 0.15) is 23.5 Å². The van der Waals surface area contributed by atoms with Crippen LogP contribution in [0.4, 0.5) is 11.1 Å². The standard InChI is InChI=1S/C14H18N6OS/c1-9-5-6-15-13(16-9)20-7-3-4-11(8-20)12(21)17-14-19-18-10(2)22-14/h5-6,11H,3-4,7-8H2,1-2H3,(H,17,19,21)/t11-/m0/s1. The molecule has 0 unspecified atom stereocenters. The van der Waals surface area contributed by atoms with Gasteiger partial charge < -0.3 is 10.2 Å². The Hall–Kier alpha value is -2.09. The molecule has 3 heterocycles. The second kappa shape index (κ2) is 6.35. The maximum Gasteiger partial charge on any atom is 0.231 e. The van der Waals surface area contributed by atoms with E-state index in [0.29, 0.717) is 17.6 Å². The Morgan fingerprint density at radius 1 is 1.41 bits per heavy atom. The molecule has 2 aromatic heterocycles. The SMILES string of the molecule is Cc1ccnc(N2CCC[C@H](C(=O)Nc3nnc(C)s3)C2)n1. The van der Waals surface area contributed by atoms with Gasteiger partial charge in [0.25, 0.3) is 0 Å². The van der Waals surface area contributed by atoms with Crippen LogP contribution < -0.4 is 10.2 Å². The Balaban J connectivity index is 1.66. The zero-order chi connectivity index (χ0) is 15.5. The molecular formula is C14H18N6OS. The lowest BCUT2D eigenvalue weighted by molar-refractivity contribution is -0.120. The highest BCUT2D eigenvalue weighted by atomic mass is 32.1. The smallest absolute Gasteiger partial charge is 0.231 e. The molecule has 0 spiro atoms. The predicted molar refractivity (Wildman–Crippen MR) is 85.0 cm³/mol. The molecule has 1 aliphatic rings. The van der Waals surface area contributed by atoms with Crippen molar-refractivity contribution < 1.29 is 4.79 Å². The van der Waals surface area contributed by atoms with Crippen LogP contribution >= 0.6 is 11.3 Å². The zero-order valence-corrected chi connectivity index (χ0v) is 13.4. The molecule has 0 saturated carbocycles. The molecular weight excluding hydrogens is 300 g/mol. The molecule has 1 atom stereocenters. The summed E-state index contributed by atoms with van der Waals surface area (Å²) < 4.78 is 0. The summed E-state index contributed by atoms with van der Waals surface area (Å²) in [5, 5.41) is 12.1. The van der Waals surface area contributed by atoms with E-state index in [1.165, 1.54) is 11.3 Å². The molecule has 1 fully saturated rings. The second-order valence-corrected chi connectivity index (χ2v) is 6.58. The van der Waals surface area contributed by atoms with Gasteiger partial charge in [0.2, 0.25) is 17.0 Å². The molecule has 2 aromatic rings. The van der Waals surface area contributed by atoms with E-state index in [2.05, 4.69) is 30.4 Å². The Bertz CT molecular complexity index is 673. The van der Waals surface area contributed by atoms with Gasteiger partial charge in [-0.05, 0) is 32.8 Å². The maximum absolute atomic E-state index is 12.4. The summed E-state index contributed by atoms with van der Waals surface area (Å²) in [6.07, 6.45) is 3.57.